The molecular formula is C13H23ClN4O. The Kier molecular flexibility index (Phi) is 5.82. The lowest BCUT2D eigenvalue weighted by Gasteiger charge is -2.35. The topological polar surface area (TPSA) is 64.2 Å². The quantitative estimate of drug-likeness (QED) is 0.913. The number of aromatic nitrogens is 2. The van der Waals surface area contributed by atoms with E-state index in [0.29, 0.717) is 6.04 Å². The second-order valence-corrected chi connectivity index (χ2v) is 4.97. The number of nitrogens with zero attached hydrogens (tertiary/aromatic N) is 3. The summed E-state index contributed by atoms with van der Waals surface area (Å²) in [7, 11) is 0. The highest BCUT2D eigenvalue weighted by molar-refractivity contribution is 5.85. The molecule has 1 aromatic rings. The van der Waals surface area contributed by atoms with Gasteiger partial charge >= 0.3 is 0 Å². The first kappa shape index (κ1) is 16.0. The van der Waals surface area contributed by atoms with Crippen molar-refractivity contribution in [1.82, 2.24) is 14.5 Å². The molecule has 1 aliphatic rings. The van der Waals surface area contributed by atoms with Gasteiger partial charge in [0, 0.05) is 31.9 Å². The average molecular weight is 287 g/mol. The van der Waals surface area contributed by atoms with Crippen LogP contribution >= 0.6 is 12.4 Å². The van der Waals surface area contributed by atoms with Crippen molar-refractivity contribution in [3.63, 3.8) is 0 Å². The molecule has 1 amide bonds. The first-order valence-electron chi connectivity index (χ1n) is 6.69. The van der Waals surface area contributed by atoms with Crippen molar-refractivity contribution in [2.24, 2.45) is 5.73 Å². The van der Waals surface area contributed by atoms with E-state index in [9.17, 15) is 4.79 Å². The summed E-state index contributed by atoms with van der Waals surface area (Å²) < 4.78 is 2.21. The third-order valence-electron chi connectivity index (χ3n) is 3.56. The molecule has 2 rings (SSSR count). The monoisotopic (exact) mass is 286 g/mol. The maximum atomic E-state index is 11.9. The molecule has 0 radical (unpaired) electrons. The van der Waals surface area contributed by atoms with E-state index in [1.54, 1.807) is 6.92 Å². The summed E-state index contributed by atoms with van der Waals surface area (Å²) in [6.07, 6.45) is 6.91. The standard InChI is InChI=1S/C13H22N4O.ClH/c1-3-12-15-6-8-17(12)11-5-4-7-16(9-11)13(18)10(2)14;/h6,8,10-11H,3-5,7,9,14H2,1-2H3;1H. The molecule has 1 saturated heterocycles. The van der Waals surface area contributed by atoms with E-state index in [1.165, 1.54) is 0 Å². The van der Waals surface area contributed by atoms with Crippen LogP contribution in [0, 0.1) is 0 Å². The molecule has 1 aromatic heterocycles. The lowest BCUT2D eigenvalue weighted by molar-refractivity contribution is -0.133. The van der Waals surface area contributed by atoms with E-state index < -0.39 is 6.04 Å². The zero-order chi connectivity index (χ0) is 13.1. The molecular weight excluding hydrogens is 264 g/mol. The number of amides is 1. The van der Waals surface area contributed by atoms with Crippen LogP contribution in [0.4, 0.5) is 0 Å². The summed E-state index contributed by atoms with van der Waals surface area (Å²) in [6.45, 7) is 5.43. The third-order valence-corrected chi connectivity index (χ3v) is 3.56. The number of aryl methyl sites for hydroxylation is 1. The van der Waals surface area contributed by atoms with E-state index in [2.05, 4.69) is 16.5 Å². The number of nitrogens with two attached hydrogens (primary N) is 1. The Labute approximate surface area is 120 Å². The number of hydrogen-bond donors (Lipinski definition) is 1. The maximum Gasteiger partial charge on any atom is 0.239 e. The van der Waals surface area contributed by atoms with Gasteiger partial charge in [0.2, 0.25) is 5.91 Å². The molecule has 6 heteroatoms. The molecule has 0 spiro atoms. The molecule has 5 nitrogen and oxygen atoms in total. The lowest BCUT2D eigenvalue weighted by atomic mass is 10.0. The number of piperidine rings is 1. The normalized spacial score (nSPS) is 20.8. The molecule has 0 aromatic carbocycles. The number of rotatable bonds is 3. The van der Waals surface area contributed by atoms with Crippen molar-refractivity contribution in [3.8, 4) is 0 Å². The second kappa shape index (κ2) is 6.91. The first-order chi connectivity index (χ1) is 8.63. The molecule has 0 bridgehead atoms. The highest BCUT2D eigenvalue weighted by atomic mass is 35.5. The minimum Gasteiger partial charge on any atom is -0.339 e. The maximum absolute atomic E-state index is 11.9. The molecule has 2 N–H and O–H groups in total. The van der Waals surface area contributed by atoms with Crippen LogP contribution in [-0.2, 0) is 11.2 Å². The minimum absolute atomic E-state index is 0. The van der Waals surface area contributed by atoms with Crippen LogP contribution in [0.3, 0.4) is 0 Å². The average Bonchev–Trinajstić information content (AvgIpc) is 2.86. The van der Waals surface area contributed by atoms with Gasteiger partial charge in [-0.3, -0.25) is 4.79 Å². The first-order valence-corrected chi connectivity index (χ1v) is 6.69. The summed E-state index contributed by atoms with van der Waals surface area (Å²) >= 11 is 0. The van der Waals surface area contributed by atoms with Crippen LogP contribution in [0.2, 0.25) is 0 Å². The van der Waals surface area contributed by atoms with Gasteiger partial charge in [-0.05, 0) is 19.8 Å². The molecule has 0 aliphatic carbocycles. The van der Waals surface area contributed by atoms with E-state index in [4.69, 9.17) is 5.73 Å². The van der Waals surface area contributed by atoms with Crippen LogP contribution in [0.5, 0.6) is 0 Å². The predicted molar refractivity (Wildman–Crippen MR) is 77.4 cm³/mol. The fourth-order valence-corrected chi connectivity index (χ4v) is 2.62. The van der Waals surface area contributed by atoms with Crippen LogP contribution in [0.15, 0.2) is 12.4 Å². The number of carbonyl (C=O) groups excluding carboxylic acids is 1. The molecule has 2 atom stereocenters. The fraction of sp³-hybridized carbons (Fsp3) is 0.692. The van der Waals surface area contributed by atoms with Crippen molar-refractivity contribution in [1.29, 1.82) is 0 Å². The number of imidazole rings is 1. The van der Waals surface area contributed by atoms with E-state index in [1.807, 2.05) is 17.3 Å². The van der Waals surface area contributed by atoms with Crippen molar-refractivity contribution in [2.45, 2.75) is 45.2 Å². The predicted octanol–water partition coefficient (Wildman–Crippen LogP) is 1.38. The second-order valence-electron chi connectivity index (χ2n) is 4.97. The number of halogens is 1. The van der Waals surface area contributed by atoms with Gasteiger partial charge in [-0.15, -0.1) is 12.4 Å². The number of hydrogen-bond acceptors (Lipinski definition) is 3. The van der Waals surface area contributed by atoms with Crippen LogP contribution in [-0.4, -0.2) is 39.5 Å². The molecule has 108 valence electrons. The molecule has 19 heavy (non-hydrogen) atoms. The molecule has 1 aliphatic heterocycles. The Morgan fingerprint density at radius 3 is 3.00 bits per heavy atom. The summed E-state index contributed by atoms with van der Waals surface area (Å²) in [5.74, 6) is 1.15. The van der Waals surface area contributed by atoms with Gasteiger partial charge in [0.1, 0.15) is 5.82 Å². The Bertz CT molecular complexity index is 419. The van der Waals surface area contributed by atoms with Crippen molar-refractivity contribution in [2.75, 3.05) is 13.1 Å². The van der Waals surface area contributed by atoms with Gasteiger partial charge in [0.05, 0.1) is 12.1 Å². The van der Waals surface area contributed by atoms with E-state index in [-0.39, 0.29) is 18.3 Å². The SMILES string of the molecule is CCc1nccn1C1CCCN(C(=O)C(C)N)C1.Cl. The zero-order valence-electron chi connectivity index (χ0n) is 11.6. The van der Waals surface area contributed by atoms with Crippen molar-refractivity contribution in [3.05, 3.63) is 18.2 Å². The smallest absolute Gasteiger partial charge is 0.239 e. The Morgan fingerprint density at radius 2 is 2.37 bits per heavy atom. The molecule has 0 saturated carbocycles. The van der Waals surface area contributed by atoms with Gasteiger partial charge in [-0.25, -0.2) is 4.98 Å². The highest BCUT2D eigenvalue weighted by Crippen LogP contribution is 2.23. The van der Waals surface area contributed by atoms with E-state index >= 15 is 0 Å². The zero-order valence-corrected chi connectivity index (χ0v) is 12.4. The van der Waals surface area contributed by atoms with Gasteiger partial charge in [0.15, 0.2) is 0 Å². The van der Waals surface area contributed by atoms with Gasteiger partial charge in [-0.2, -0.15) is 0 Å². The van der Waals surface area contributed by atoms with Crippen LogP contribution in [0.25, 0.3) is 0 Å². The van der Waals surface area contributed by atoms with Gasteiger partial charge in [0.25, 0.3) is 0 Å². The van der Waals surface area contributed by atoms with Crippen LogP contribution in [0.1, 0.15) is 38.6 Å². The van der Waals surface area contributed by atoms with Crippen molar-refractivity contribution < 1.29 is 4.79 Å². The highest BCUT2D eigenvalue weighted by Gasteiger charge is 2.26. The Balaban J connectivity index is 0.00000180. The third kappa shape index (κ3) is 3.48. The van der Waals surface area contributed by atoms with Gasteiger partial charge in [-0.1, -0.05) is 6.92 Å². The summed E-state index contributed by atoms with van der Waals surface area (Å²) in [5, 5.41) is 0. The minimum atomic E-state index is -0.405. The fourth-order valence-electron chi connectivity index (χ4n) is 2.62. The Morgan fingerprint density at radius 1 is 1.63 bits per heavy atom. The Hall–Kier alpha value is -1.07. The summed E-state index contributed by atoms with van der Waals surface area (Å²) in [4.78, 5) is 18.2. The summed E-state index contributed by atoms with van der Waals surface area (Å²) in [5.41, 5.74) is 5.68. The molecule has 2 unspecified atom stereocenters. The van der Waals surface area contributed by atoms with E-state index in [0.717, 1.165) is 38.2 Å². The number of carbonyl (C=O) groups is 1. The molecule has 1 fully saturated rings. The largest absolute Gasteiger partial charge is 0.339 e. The summed E-state index contributed by atoms with van der Waals surface area (Å²) in [6, 6.07) is -0.0592. The van der Waals surface area contributed by atoms with Gasteiger partial charge < -0.3 is 15.2 Å². The number of likely N-dealkylation sites (tertiary alicyclic amines) is 1. The van der Waals surface area contributed by atoms with Crippen molar-refractivity contribution >= 4 is 18.3 Å². The lowest BCUT2D eigenvalue weighted by Crippen LogP contribution is -2.47. The van der Waals surface area contributed by atoms with Crippen LogP contribution < -0.4 is 5.73 Å². The molecule has 2 heterocycles.